The fourth-order valence-electron chi connectivity index (χ4n) is 4.82. The summed E-state index contributed by atoms with van der Waals surface area (Å²) in [5.74, 6) is -0.453. The van der Waals surface area contributed by atoms with E-state index in [1.165, 1.54) is 81.2 Å². The van der Waals surface area contributed by atoms with Gasteiger partial charge in [0, 0.05) is 17.9 Å². The Balaban J connectivity index is 0.000000301. The third-order valence-electron chi connectivity index (χ3n) is 7.53. The maximum atomic E-state index is 12.5. The number of hydrogen-bond acceptors (Lipinski definition) is 4. The first-order valence-electron chi connectivity index (χ1n) is 16.1. The Morgan fingerprint density at radius 1 is 0.628 bits per heavy atom. The maximum absolute atomic E-state index is 12.5. The number of carboxylic acids is 1. The van der Waals surface area contributed by atoms with Gasteiger partial charge in [-0.1, -0.05) is 140 Å². The maximum Gasteiger partial charge on any atom is 0.335 e. The Kier molecular flexibility index (Phi) is 17.4. The van der Waals surface area contributed by atoms with Gasteiger partial charge in [-0.15, -0.1) is 0 Å². The highest BCUT2D eigenvalue weighted by molar-refractivity contribution is 5.98. The topological polar surface area (TPSA) is 80.7 Å². The van der Waals surface area contributed by atoms with Crippen molar-refractivity contribution in [2.75, 3.05) is 0 Å². The molecular weight excluding hydrogens is 536 g/mol. The molecule has 5 heteroatoms. The summed E-state index contributed by atoms with van der Waals surface area (Å²) in [6, 6.07) is 24.2. The van der Waals surface area contributed by atoms with Crippen LogP contribution in [0.1, 0.15) is 125 Å². The molecule has 3 rings (SSSR count). The Bertz CT molecular complexity index is 1200. The number of esters is 1. The molecule has 0 saturated carbocycles. The van der Waals surface area contributed by atoms with Gasteiger partial charge in [-0.2, -0.15) is 0 Å². The molecule has 5 nitrogen and oxygen atoms in total. The van der Waals surface area contributed by atoms with Crippen LogP contribution >= 0.6 is 0 Å². The van der Waals surface area contributed by atoms with E-state index in [4.69, 9.17) is 9.84 Å². The van der Waals surface area contributed by atoms with Crippen molar-refractivity contribution in [2.45, 2.75) is 104 Å². The summed E-state index contributed by atoms with van der Waals surface area (Å²) in [6.07, 6.45) is 14.4. The number of rotatable bonds is 18. The molecule has 232 valence electrons. The first kappa shape index (κ1) is 35.5. The first-order valence-corrected chi connectivity index (χ1v) is 16.1. The minimum atomic E-state index is -0.990. The minimum Gasteiger partial charge on any atom is -0.478 e. The molecule has 3 aromatic rings. The van der Waals surface area contributed by atoms with Gasteiger partial charge in [0.15, 0.2) is 5.78 Å². The third-order valence-corrected chi connectivity index (χ3v) is 7.53. The van der Waals surface area contributed by atoms with E-state index in [2.05, 4.69) is 32.9 Å². The summed E-state index contributed by atoms with van der Waals surface area (Å²) >= 11 is 0. The van der Waals surface area contributed by atoms with Crippen molar-refractivity contribution in [3.8, 4) is 16.9 Å². The highest BCUT2D eigenvalue weighted by Crippen LogP contribution is 2.22. The largest absolute Gasteiger partial charge is 0.478 e. The lowest BCUT2D eigenvalue weighted by molar-refractivity contribution is -0.134. The quantitative estimate of drug-likeness (QED) is 0.0694. The summed E-state index contributed by atoms with van der Waals surface area (Å²) in [6.45, 7) is 6.46. The highest BCUT2D eigenvalue weighted by atomic mass is 16.5. The van der Waals surface area contributed by atoms with Gasteiger partial charge in [0.05, 0.1) is 5.56 Å². The van der Waals surface area contributed by atoms with E-state index < -0.39 is 5.97 Å². The fourth-order valence-corrected chi connectivity index (χ4v) is 4.82. The number of carbonyl (C=O) groups excluding carboxylic acids is 2. The number of carbonyl (C=O) groups is 3. The molecule has 3 aromatic carbocycles. The van der Waals surface area contributed by atoms with Crippen molar-refractivity contribution >= 4 is 17.7 Å². The average Bonchev–Trinajstić information content (AvgIpc) is 3.03. The second-order valence-electron chi connectivity index (χ2n) is 11.2. The van der Waals surface area contributed by atoms with Crippen LogP contribution in [0.15, 0.2) is 78.9 Å². The van der Waals surface area contributed by atoms with Crippen molar-refractivity contribution in [3.05, 3.63) is 90.0 Å². The number of carboxylic acid groups (broad SMARTS) is 1. The molecule has 0 fully saturated rings. The summed E-state index contributed by atoms with van der Waals surface area (Å²) in [7, 11) is 0. The summed E-state index contributed by atoms with van der Waals surface area (Å²) < 4.78 is 5.16. The first-order chi connectivity index (χ1) is 20.8. The molecule has 1 N–H and O–H groups in total. The van der Waals surface area contributed by atoms with Crippen molar-refractivity contribution < 1.29 is 24.2 Å². The van der Waals surface area contributed by atoms with Crippen molar-refractivity contribution in [1.82, 2.24) is 0 Å². The van der Waals surface area contributed by atoms with Crippen LogP contribution in [0.2, 0.25) is 0 Å². The van der Waals surface area contributed by atoms with Gasteiger partial charge < -0.3 is 9.84 Å². The van der Waals surface area contributed by atoms with Gasteiger partial charge in [-0.25, -0.2) is 4.79 Å². The van der Waals surface area contributed by atoms with Crippen molar-refractivity contribution in [2.24, 2.45) is 5.92 Å². The Labute approximate surface area is 258 Å². The van der Waals surface area contributed by atoms with E-state index in [1.807, 2.05) is 42.5 Å². The number of ether oxygens (including phenoxy) is 1. The van der Waals surface area contributed by atoms with E-state index in [0.717, 1.165) is 36.8 Å². The average molecular weight is 587 g/mol. The van der Waals surface area contributed by atoms with Crippen LogP contribution in [0.3, 0.4) is 0 Å². The van der Waals surface area contributed by atoms with Gasteiger partial charge in [0.1, 0.15) is 5.75 Å². The molecule has 1 unspecified atom stereocenters. The molecule has 1 atom stereocenters. The lowest BCUT2D eigenvalue weighted by Gasteiger charge is -2.11. The molecule has 0 aliphatic carbocycles. The van der Waals surface area contributed by atoms with Crippen LogP contribution < -0.4 is 4.74 Å². The summed E-state index contributed by atoms with van der Waals surface area (Å²) in [4.78, 5) is 34.8. The van der Waals surface area contributed by atoms with Crippen molar-refractivity contribution in [3.63, 3.8) is 0 Å². The minimum absolute atomic E-state index is 0.124. The zero-order valence-corrected chi connectivity index (χ0v) is 26.4. The van der Waals surface area contributed by atoms with E-state index in [1.54, 1.807) is 0 Å². The van der Waals surface area contributed by atoms with E-state index in [0.29, 0.717) is 12.2 Å². The van der Waals surface area contributed by atoms with Crippen molar-refractivity contribution in [1.29, 1.82) is 0 Å². The van der Waals surface area contributed by atoms with Gasteiger partial charge in [0.2, 0.25) is 0 Å². The second kappa shape index (κ2) is 21.0. The van der Waals surface area contributed by atoms with Gasteiger partial charge in [-0.3, -0.25) is 9.59 Å². The smallest absolute Gasteiger partial charge is 0.335 e. The zero-order valence-electron chi connectivity index (χ0n) is 26.4. The highest BCUT2D eigenvalue weighted by Gasteiger charge is 2.15. The number of unbranched alkanes of at least 4 members (excludes halogenated alkanes) is 9. The lowest BCUT2D eigenvalue weighted by atomic mass is 9.93. The number of hydrogen-bond donors (Lipinski definition) is 1. The number of benzene rings is 3. The number of aromatic carboxylic acids is 1. The third kappa shape index (κ3) is 14.3. The zero-order chi connectivity index (χ0) is 31.3. The Morgan fingerprint density at radius 2 is 1.14 bits per heavy atom. The molecule has 43 heavy (non-hydrogen) atoms. The second-order valence-corrected chi connectivity index (χ2v) is 11.2. The lowest BCUT2D eigenvalue weighted by Crippen LogP contribution is -2.11. The summed E-state index contributed by atoms with van der Waals surface area (Å²) in [5, 5.41) is 8.77. The van der Waals surface area contributed by atoms with Gasteiger partial charge >= 0.3 is 11.9 Å². The fraction of sp³-hybridized carbons (Fsp3) is 0.447. The monoisotopic (exact) mass is 586 g/mol. The molecule has 0 aromatic heterocycles. The van der Waals surface area contributed by atoms with Crippen LogP contribution in [0, 0.1) is 5.92 Å². The molecule has 0 bridgehead atoms. The molecule has 0 spiro atoms. The van der Waals surface area contributed by atoms with Crippen LogP contribution in [0.4, 0.5) is 0 Å². The van der Waals surface area contributed by atoms with Crippen LogP contribution in [0.25, 0.3) is 11.1 Å². The predicted octanol–water partition coefficient (Wildman–Crippen LogP) is 10.6. The van der Waals surface area contributed by atoms with E-state index in [-0.39, 0.29) is 23.2 Å². The summed E-state index contributed by atoms with van der Waals surface area (Å²) in [5.41, 5.74) is 3.37. The predicted molar refractivity (Wildman–Crippen MR) is 176 cm³/mol. The van der Waals surface area contributed by atoms with Crippen LogP contribution in [0.5, 0.6) is 5.75 Å². The molecular formula is C38H50O5. The van der Waals surface area contributed by atoms with Gasteiger partial charge in [-0.05, 0) is 48.2 Å². The van der Waals surface area contributed by atoms with E-state index in [9.17, 15) is 14.4 Å². The normalized spacial score (nSPS) is 11.2. The standard InChI is InChI=1S/C21H26O.C17H24O4/c1-3-4-5-7-10-17(2)21(22)20-15-13-19(14-16-20)18-11-8-6-9-12-18;1-2-3-4-5-6-7-8-9-16(18)21-15-12-10-14(11-13-15)17(19)20/h6,8-9,11-17H,3-5,7,10H2,1-2H3;10-13H,2-9H2,1H3,(H,19,20). The van der Waals surface area contributed by atoms with Gasteiger partial charge in [0.25, 0.3) is 0 Å². The molecule has 0 heterocycles. The SMILES string of the molecule is CCCCCCC(C)C(=O)c1ccc(-c2ccccc2)cc1.CCCCCCCCCC(=O)Oc1ccc(C(=O)O)cc1. The molecule has 0 saturated heterocycles. The van der Waals surface area contributed by atoms with Crippen LogP contribution in [-0.4, -0.2) is 22.8 Å². The number of Topliss-reactive ketones (excluding diaryl/α,β-unsaturated/α-hetero) is 1. The molecule has 0 aliphatic rings. The molecule has 0 amide bonds. The number of ketones is 1. The Morgan fingerprint density at radius 3 is 1.72 bits per heavy atom. The van der Waals surface area contributed by atoms with E-state index >= 15 is 0 Å². The van der Waals surface area contributed by atoms with Crippen LogP contribution in [-0.2, 0) is 4.79 Å². The molecule has 0 radical (unpaired) electrons. The Hall–Kier alpha value is -3.73. The molecule has 0 aliphatic heterocycles.